The summed E-state index contributed by atoms with van der Waals surface area (Å²) < 4.78 is 0. The Labute approximate surface area is 210 Å². The topological polar surface area (TPSA) is 141 Å². The van der Waals surface area contributed by atoms with Crippen molar-refractivity contribution >= 4 is 31.7 Å². The molecule has 0 atom stereocenters. The van der Waals surface area contributed by atoms with Crippen LogP contribution in [0.1, 0.15) is 107 Å². The molecule has 0 amide bonds. The molecule has 0 saturated carbocycles. The van der Waals surface area contributed by atoms with Crippen molar-refractivity contribution in [3.8, 4) is 17.2 Å². The van der Waals surface area contributed by atoms with Crippen molar-refractivity contribution in [3.05, 3.63) is 29.8 Å². The summed E-state index contributed by atoms with van der Waals surface area (Å²) in [5, 5.41) is 46.9. The van der Waals surface area contributed by atoms with Gasteiger partial charge in [-0.15, -0.1) is 0 Å². The molecule has 1 aromatic rings. The van der Waals surface area contributed by atoms with E-state index in [1.165, 1.54) is 64.2 Å². The van der Waals surface area contributed by atoms with Crippen molar-refractivity contribution < 1.29 is 35.1 Å². The predicted octanol–water partition coefficient (Wildman–Crippen LogP) is 3.56. The SMILES string of the molecule is CCCCCCCC/C=C\CCCCCCCC(=O)[O-].O=C([O-])c1cc(O)c(O)c(O)c1.[Ga+2]. The fourth-order valence-electron chi connectivity index (χ4n) is 3.06. The summed E-state index contributed by atoms with van der Waals surface area (Å²) in [6.07, 6.45) is 20.9. The molecular weight excluding hydrogens is 482 g/mol. The maximum atomic E-state index is 10.2. The predicted molar refractivity (Wildman–Crippen MR) is 126 cm³/mol. The Hall–Kier alpha value is -2.06. The second-order valence-corrected chi connectivity index (χ2v) is 7.86. The van der Waals surface area contributed by atoms with E-state index in [0.29, 0.717) is 0 Å². The number of unbranched alkanes of at least 4 members (excludes halogenated alkanes) is 11. The molecule has 0 fully saturated rings. The minimum absolute atomic E-state index is 0. The summed E-state index contributed by atoms with van der Waals surface area (Å²) in [5.74, 6) is -4.60. The second kappa shape index (κ2) is 21.8. The van der Waals surface area contributed by atoms with Crippen molar-refractivity contribution in [2.24, 2.45) is 0 Å². The molecule has 0 saturated heterocycles. The van der Waals surface area contributed by atoms with E-state index in [0.717, 1.165) is 31.4 Å². The summed E-state index contributed by atoms with van der Waals surface area (Å²) in [4.78, 5) is 20.4. The Balaban J connectivity index is 0. The smallest absolute Gasteiger partial charge is 0.550 e. The normalized spacial score (nSPS) is 10.3. The van der Waals surface area contributed by atoms with Crippen LogP contribution in [0.25, 0.3) is 0 Å². The van der Waals surface area contributed by atoms with Crippen LogP contribution in [-0.2, 0) is 4.79 Å². The van der Waals surface area contributed by atoms with E-state index < -0.39 is 34.8 Å². The number of carbonyl (C=O) groups is 2. The molecule has 0 aliphatic heterocycles. The average Bonchev–Trinajstić information content (AvgIpc) is 2.74. The quantitative estimate of drug-likeness (QED) is 0.131. The van der Waals surface area contributed by atoms with Gasteiger partial charge in [0.2, 0.25) is 0 Å². The molecule has 0 aromatic heterocycles. The van der Waals surface area contributed by atoms with Crippen LogP contribution >= 0.6 is 0 Å². The molecule has 33 heavy (non-hydrogen) atoms. The standard InChI is InChI=1S/C18H34O2.C7H6O5.Ga/c1-2-3-4-5-6-7-8-9-10-11-12-13-14-15-16-17-18(19)20;8-4-1-3(7(11)12)2-5(9)6(4)10;/h9-10H,2-8,11-17H2,1H3,(H,19,20);1-2,8-10H,(H,11,12);/q;;+2/p-2/b10-9-;;. The first-order valence-electron chi connectivity index (χ1n) is 11.6. The minimum atomic E-state index is -1.54. The van der Waals surface area contributed by atoms with Gasteiger partial charge in [0, 0.05) is 11.5 Å². The van der Waals surface area contributed by atoms with Crippen molar-refractivity contribution in [2.75, 3.05) is 0 Å². The Kier molecular flexibility index (Phi) is 21.8. The molecule has 1 radical (unpaired) electrons. The van der Waals surface area contributed by atoms with E-state index in [2.05, 4.69) is 19.1 Å². The Bertz CT molecular complexity index is 666. The molecule has 1 rings (SSSR count). The maximum absolute atomic E-state index is 10.2. The molecule has 0 heterocycles. The number of carboxylic acid groups (broad SMARTS) is 2. The zero-order valence-corrected chi connectivity index (χ0v) is 22.2. The molecule has 0 spiro atoms. The summed E-state index contributed by atoms with van der Waals surface area (Å²) >= 11 is 0. The summed E-state index contributed by atoms with van der Waals surface area (Å²) in [6, 6.07) is 1.56. The zero-order chi connectivity index (χ0) is 24.2. The van der Waals surface area contributed by atoms with Crippen LogP contribution in [0.2, 0.25) is 0 Å². The van der Waals surface area contributed by atoms with E-state index in [1.807, 2.05) is 0 Å². The summed E-state index contributed by atoms with van der Waals surface area (Å²) in [5.41, 5.74) is -0.400. The molecule has 183 valence electrons. The van der Waals surface area contributed by atoms with Gasteiger partial charge in [0.25, 0.3) is 0 Å². The van der Waals surface area contributed by atoms with Gasteiger partial charge >= 0.3 is 19.8 Å². The van der Waals surface area contributed by atoms with E-state index in [-0.39, 0.29) is 26.2 Å². The van der Waals surface area contributed by atoms with Crippen molar-refractivity contribution in [2.45, 2.75) is 96.8 Å². The van der Waals surface area contributed by atoms with Gasteiger partial charge in [-0.1, -0.05) is 70.4 Å². The number of phenols is 3. The second-order valence-electron chi connectivity index (χ2n) is 7.86. The minimum Gasteiger partial charge on any atom is -0.550 e. The van der Waals surface area contributed by atoms with Gasteiger partial charge in [0.15, 0.2) is 17.2 Å². The van der Waals surface area contributed by atoms with Crippen LogP contribution in [0.3, 0.4) is 0 Å². The summed E-state index contributed by atoms with van der Waals surface area (Å²) in [6.45, 7) is 2.26. The number of hydrogen-bond acceptors (Lipinski definition) is 7. The molecule has 0 aliphatic carbocycles. The first-order valence-corrected chi connectivity index (χ1v) is 11.6. The number of carbonyl (C=O) groups excluding carboxylic acids is 2. The molecule has 1 aromatic carbocycles. The maximum Gasteiger partial charge on any atom is 2.00 e. The van der Waals surface area contributed by atoms with E-state index in [4.69, 9.17) is 15.3 Å². The molecule has 8 heteroatoms. The number of aromatic hydroxyl groups is 3. The molecule has 0 bridgehead atoms. The first kappa shape index (κ1) is 33.1. The monoisotopic (exact) mass is 519 g/mol. The van der Waals surface area contributed by atoms with Gasteiger partial charge < -0.3 is 35.1 Å². The number of rotatable bonds is 16. The number of allylic oxidation sites excluding steroid dienone is 2. The van der Waals surface area contributed by atoms with Gasteiger partial charge in [0.05, 0.1) is 5.97 Å². The number of carboxylic acids is 2. The fraction of sp³-hybridized carbons (Fsp3) is 0.600. The number of benzene rings is 1. The molecule has 0 unspecified atom stereocenters. The molecular formula is C25H38GaO7. The Morgan fingerprint density at radius 1 is 0.758 bits per heavy atom. The van der Waals surface area contributed by atoms with Crippen LogP contribution in [-0.4, -0.2) is 47.0 Å². The van der Waals surface area contributed by atoms with E-state index >= 15 is 0 Å². The van der Waals surface area contributed by atoms with Crippen LogP contribution in [0.15, 0.2) is 24.3 Å². The van der Waals surface area contributed by atoms with Crippen LogP contribution in [0.5, 0.6) is 17.2 Å². The van der Waals surface area contributed by atoms with Gasteiger partial charge in [-0.05, 0) is 50.7 Å². The first-order chi connectivity index (χ1) is 15.3. The van der Waals surface area contributed by atoms with Crippen molar-refractivity contribution in [1.82, 2.24) is 0 Å². The number of hydrogen-bond donors (Lipinski definition) is 3. The summed E-state index contributed by atoms with van der Waals surface area (Å²) in [7, 11) is 0. The Morgan fingerprint density at radius 3 is 1.61 bits per heavy atom. The van der Waals surface area contributed by atoms with Gasteiger partial charge in [-0.25, -0.2) is 0 Å². The Morgan fingerprint density at radius 2 is 1.18 bits per heavy atom. The largest absolute Gasteiger partial charge is 2.00 e. The molecule has 0 aliphatic rings. The van der Waals surface area contributed by atoms with Crippen molar-refractivity contribution in [1.29, 1.82) is 0 Å². The third-order valence-electron chi connectivity index (χ3n) is 4.95. The van der Waals surface area contributed by atoms with Crippen LogP contribution < -0.4 is 10.2 Å². The van der Waals surface area contributed by atoms with E-state index in [9.17, 15) is 19.8 Å². The van der Waals surface area contributed by atoms with Gasteiger partial charge in [0.1, 0.15) is 0 Å². The number of aliphatic carboxylic acids is 1. The average molecular weight is 520 g/mol. The van der Waals surface area contributed by atoms with Crippen molar-refractivity contribution in [3.63, 3.8) is 0 Å². The number of phenolic OH excluding ortho intramolecular Hbond substituents is 3. The van der Waals surface area contributed by atoms with Gasteiger partial charge in [-0.3, -0.25) is 0 Å². The third-order valence-corrected chi connectivity index (χ3v) is 4.95. The zero-order valence-electron chi connectivity index (χ0n) is 19.8. The third kappa shape index (κ3) is 19.1. The number of aromatic carboxylic acids is 1. The van der Waals surface area contributed by atoms with Crippen LogP contribution in [0.4, 0.5) is 0 Å². The van der Waals surface area contributed by atoms with E-state index in [1.54, 1.807) is 0 Å². The van der Waals surface area contributed by atoms with Crippen LogP contribution in [0, 0.1) is 0 Å². The molecule has 3 N–H and O–H groups in total. The molecule has 7 nitrogen and oxygen atoms in total. The van der Waals surface area contributed by atoms with Gasteiger partial charge in [-0.2, -0.15) is 0 Å². The fourth-order valence-corrected chi connectivity index (χ4v) is 3.06.